The molecule has 140 valence electrons. The highest BCUT2D eigenvalue weighted by Gasteiger charge is 2.16. The Balaban J connectivity index is 1.78. The van der Waals surface area contributed by atoms with Gasteiger partial charge in [-0.05, 0) is 30.3 Å². The van der Waals surface area contributed by atoms with Gasteiger partial charge in [0.25, 0.3) is 5.69 Å². The highest BCUT2D eigenvalue weighted by atomic mass is 35.5. The summed E-state index contributed by atoms with van der Waals surface area (Å²) in [5.74, 6) is -0.398. The number of nitrogens with zero attached hydrogens (tertiary/aromatic N) is 2. The number of halogens is 1. The van der Waals surface area contributed by atoms with Crippen molar-refractivity contribution in [3.63, 3.8) is 0 Å². The summed E-state index contributed by atoms with van der Waals surface area (Å²) in [5.41, 5.74) is 1.74. The first kappa shape index (κ1) is 18.9. The Morgan fingerprint density at radius 3 is 2.70 bits per heavy atom. The van der Waals surface area contributed by atoms with Gasteiger partial charge in [-0.25, -0.2) is 0 Å². The predicted molar refractivity (Wildman–Crippen MR) is 105 cm³/mol. The first-order valence-electron chi connectivity index (χ1n) is 8.39. The van der Waals surface area contributed by atoms with E-state index in [2.05, 4.69) is 10.2 Å². The molecule has 0 saturated carbocycles. The van der Waals surface area contributed by atoms with Gasteiger partial charge in [0.05, 0.1) is 35.1 Å². The molecule has 1 aliphatic heterocycles. The summed E-state index contributed by atoms with van der Waals surface area (Å²) in [7, 11) is 0. The van der Waals surface area contributed by atoms with Gasteiger partial charge in [-0.2, -0.15) is 0 Å². The molecule has 0 aromatic heterocycles. The van der Waals surface area contributed by atoms with E-state index < -0.39 is 10.8 Å². The molecule has 1 fully saturated rings. The zero-order valence-electron chi connectivity index (χ0n) is 14.4. The van der Waals surface area contributed by atoms with Crippen LogP contribution in [0.25, 0.3) is 6.08 Å². The number of carbonyl (C=O) groups is 1. The highest BCUT2D eigenvalue weighted by molar-refractivity contribution is 6.31. The van der Waals surface area contributed by atoms with Gasteiger partial charge in [-0.15, -0.1) is 0 Å². The van der Waals surface area contributed by atoms with Crippen LogP contribution in [-0.4, -0.2) is 37.1 Å². The number of hydrogen-bond acceptors (Lipinski definition) is 5. The molecule has 1 amide bonds. The van der Waals surface area contributed by atoms with Gasteiger partial charge in [0, 0.05) is 30.3 Å². The van der Waals surface area contributed by atoms with Crippen LogP contribution >= 0.6 is 11.6 Å². The van der Waals surface area contributed by atoms with Crippen molar-refractivity contribution in [3.8, 4) is 0 Å². The molecule has 2 aromatic rings. The first-order valence-corrected chi connectivity index (χ1v) is 8.77. The Morgan fingerprint density at radius 2 is 1.96 bits per heavy atom. The van der Waals surface area contributed by atoms with Gasteiger partial charge in [0.15, 0.2) is 0 Å². The molecule has 7 nitrogen and oxygen atoms in total. The summed E-state index contributed by atoms with van der Waals surface area (Å²) in [6.07, 6.45) is 2.69. The lowest BCUT2D eigenvalue weighted by atomic mass is 10.1. The van der Waals surface area contributed by atoms with Crippen molar-refractivity contribution in [1.82, 2.24) is 0 Å². The van der Waals surface area contributed by atoms with Crippen LogP contribution in [-0.2, 0) is 9.53 Å². The maximum absolute atomic E-state index is 12.4. The minimum atomic E-state index is -0.481. The van der Waals surface area contributed by atoms with Crippen molar-refractivity contribution in [2.75, 3.05) is 36.5 Å². The number of benzene rings is 2. The van der Waals surface area contributed by atoms with E-state index in [0.717, 1.165) is 18.8 Å². The van der Waals surface area contributed by atoms with Crippen LogP contribution in [0.1, 0.15) is 5.56 Å². The molecule has 0 unspecified atom stereocenters. The van der Waals surface area contributed by atoms with Gasteiger partial charge in [-0.3, -0.25) is 14.9 Å². The zero-order chi connectivity index (χ0) is 19.2. The van der Waals surface area contributed by atoms with E-state index in [1.807, 2.05) is 6.07 Å². The molecule has 1 saturated heterocycles. The molecule has 0 atom stereocenters. The fourth-order valence-corrected chi connectivity index (χ4v) is 3.00. The number of morpholine rings is 1. The van der Waals surface area contributed by atoms with Gasteiger partial charge in [-0.1, -0.05) is 23.7 Å². The van der Waals surface area contributed by atoms with E-state index in [4.69, 9.17) is 16.3 Å². The summed E-state index contributed by atoms with van der Waals surface area (Å²) >= 11 is 6.08. The lowest BCUT2D eigenvalue weighted by Gasteiger charge is -2.30. The van der Waals surface area contributed by atoms with Crippen LogP contribution in [0.4, 0.5) is 17.1 Å². The third-order valence-corrected chi connectivity index (χ3v) is 4.35. The van der Waals surface area contributed by atoms with Crippen molar-refractivity contribution in [2.24, 2.45) is 0 Å². The summed E-state index contributed by atoms with van der Waals surface area (Å²) in [6, 6.07) is 11.5. The number of nitrogens with one attached hydrogen (secondary N) is 1. The van der Waals surface area contributed by atoms with Crippen LogP contribution in [0.3, 0.4) is 0 Å². The number of rotatable bonds is 5. The van der Waals surface area contributed by atoms with E-state index in [1.165, 1.54) is 18.2 Å². The van der Waals surface area contributed by atoms with Crippen molar-refractivity contribution < 1.29 is 14.5 Å². The predicted octanol–water partition coefficient (Wildman–Crippen LogP) is 3.74. The van der Waals surface area contributed by atoms with E-state index in [0.29, 0.717) is 29.5 Å². The molecular weight excluding hydrogens is 370 g/mol. The van der Waals surface area contributed by atoms with E-state index in [9.17, 15) is 14.9 Å². The Hall–Kier alpha value is -2.90. The van der Waals surface area contributed by atoms with Crippen molar-refractivity contribution in [3.05, 3.63) is 69.2 Å². The molecule has 1 aliphatic rings. The number of nitro benzene ring substituents is 1. The maximum Gasteiger partial charge on any atom is 0.276 e. The Kier molecular flexibility index (Phi) is 6.05. The Morgan fingerprint density at radius 1 is 1.22 bits per heavy atom. The van der Waals surface area contributed by atoms with Crippen molar-refractivity contribution in [2.45, 2.75) is 0 Å². The molecule has 0 spiro atoms. The molecule has 0 bridgehead atoms. The Labute approximate surface area is 161 Å². The maximum atomic E-state index is 12.4. The molecule has 1 N–H and O–H groups in total. The number of hydrogen-bond donors (Lipinski definition) is 1. The third-order valence-electron chi connectivity index (χ3n) is 4.12. The monoisotopic (exact) mass is 387 g/mol. The SMILES string of the molecule is O=C(/C=C/c1ccccc1[N+](=O)[O-])Nc1cc(Cl)ccc1N1CCOCC1. The van der Waals surface area contributed by atoms with Gasteiger partial charge in [0.2, 0.25) is 5.91 Å². The average Bonchev–Trinajstić information content (AvgIpc) is 2.67. The second-order valence-corrected chi connectivity index (χ2v) is 6.34. The normalized spacial score (nSPS) is 14.3. The van der Waals surface area contributed by atoms with Crippen LogP contribution in [0.5, 0.6) is 0 Å². The van der Waals surface area contributed by atoms with Crippen molar-refractivity contribution >= 4 is 40.6 Å². The molecular formula is C19H18ClN3O4. The summed E-state index contributed by atoms with van der Waals surface area (Å²) in [5, 5.41) is 14.4. The van der Waals surface area contributed by atoms with Crippen LogP contribution < -0.4 is 10.2 Å². The van der Waals surface area contributed by atoms with Gasteiger partial charge in [0.1, 0.15) is 0 Å². The summed E-state index contributed by atoms with van der Waals surface area (Å²) in [6.45, 7) is 2.67. The smallest absolute Gasteiger partial charge is 0.276 e. The molecule has 3 rings (SSSR count). The average molecular weight is 388 g/mol. The Bertz CT molecular complexity index is 879. The van der Waals surface area contributed by atoms with Gasteiger partial charge < -0.3 is 15.0 Å². The second-order valence-electron chi connectivity index (χ2n) is 5.90. The van der Waals surface area contributed by atoms with E-state index >= 15 is 0 Å². The second kappa shape index (κ2) is 8.66. The lowest BCUT2D eigenvalue weighted by Crippen LogP contribution is -2.36. The molecule has 0 aliphatic carbocycles. The molecule has 27 heavy (non-hydrogen) atoms. The molecule has 1 heterocycles. The minimum Gasteiger partial charge on any atom is -0.378 e. The quantitative estimate of drug-likeness (QED) is 0.480. The molecule has 8 heteroatoms. The number of para-hydroxylation sites is 1. The van der Waals surface area contributed by atoms with Crippen LogP contribution in [0.15, 0.2) is 48.5 Å². The minimum absolute atomic E-state index is 0.0571. The first-order chi connectivity index (χ1) is 13.0. The van der Waals surface area contributed by atoms with Gasteiger partial charge >= 0.3 is 0 Å². The van der Waals surface area contributed by atoms with Crippen LogP contribution in [0.2, 0.25) is 5.02 Å². The molecule has 0 radical (unpaired) electrons. The van der Waals surface area contributed by atoms with E-state index in [1.54, 1.807) is 30.3 Å². The topological polar surface area (TPSA) is 84.7 Å². The lowest BCUT2D eigenvalue weighted by molar-refractivity contribution is -0.385. The highest BCUT2D eigenvalue weighted by Crippen LogP contribution is 2.30. The number of anilines is 2. The number of ether oxygens (including phenoxy) is 1. The standard InChI is InChI=1S/C19H18ClN3O4/c20-15-6-7-18(22-9-11-27-12-10-22)16(13-15)21-19(24)8-5-14-3-1-2-4-17(14)23(25)26/h1-8,13H,9-12H2,(H,21,24)/b8-5+. The number of amides is 1. The third kappa shape index (κ3) is 4.84. The zero-order valence-corrected chi connectivity index (χ0v) is 15.2. The summed E-state index contributed by atoms with van der Waals surface area (Å²) in [4.78, 5) is 25.0. The van der Waals surface area contributed by atoms with Crippen molar-refractivity contribution in [1.29, 1.82) is 0 Å². The largest absolute Gasteiger partial charge is 0.378 e. The fraction of sp³-hybridized carbons (Fsp3) is 0.211. The van der Waals surface area contributed by atoms with Crippen LogP contribution in [0, 0.1) is 10.1 Å². The number of carbonyl (C=O) groups excluding carboxylic acids is 1. The number of nitro groups is 1. The fourth-order valence-electron chi connectivity index (χ4n) is 2.82. The van der Waals surface area contributed by atoms with E-state index in [-0.39, 0.29) is 5.69 Å². The molecule has 2 aromatic carbocycles. The summed E-state index contributed by atoms with van der Waals surface area (Å²) < 4.78 is 5.36.